The van der Waals surface area contributed by atoms with E-state index in [4.69, 9.17) is 4.52 Å². The number of likely N-dealkylation sites (tertiary alicyclic amines) is 1. The first-order valence-corrected chi connectivity index (χ1v) is 6.85. The van der Waals surface area contributed by atoms with Crippen LogP contribution in [0.2, 0.25) is 0 Å². The van der Waals surface area contributed by atoms with E-state index in [0.717, 1.165) is 25.9 Å². The number of carbonyl (C=O) groups is 1. The zero-order valence-electron chi connectivity index (χ0n) is 11.2. The number of carbonyl (C=O) groups excluding carboxylic acids is 1. The van der Waals surface area contributed by atoms with Gasteiger partial charge in [-0.3, -0.25) is 9.78 Å². The zero-order chi connectivity index (χ0) is 13.8. The minimum atomic E-state index is 0.167. The van der Waals surface area contributed by atoms with Crippen LogP contribution in [0.3, 0.4) is 0 Å². The van der Waals surface area contributed by atoms with Gasteiger partial charge in [-0.05, 0) is 25.0 Å². The maximum absolute atomic E-state index is 11.9. The highest BCUT2D eigenvalue weighted by molar-refractivity contribution is 5.76. The molecule has 6 heteroatoms. The Balaban J connectivity index is 1.59. The topological polar surface area (TPSA) is 72.1 Å². The maximum atomic E-state index is 11.9. The summed E-state index contributed by atoms with van der Waals surface area (Å²) in [6, 6.07) is 5.53. The molecule has 3 heterocycles. The Kier molecular flexibility index (Phi) is 3.71. The highest BCUT2D eigenvalue weighted by atomic mass is 16.5. The summed E-state index contributed by atoms with van der Waals surface area (Å²) in [7, 11) is 0. The lowest BCUT2D eigenvalue weighted by Crippen LogP contribution is -2.27. The normalized spacial score (nSPS) is 14.7. The van der Waals surface area contributed by atoms with Gasteiger partial charge in [0.05, 0.1) is 0 Å². The standard InChI is InChI=1S/C14H16N4O2/c19-13(18-9-3-4-10-18)7-6-12-16-14(17-20-12)11-5-1-2-8-15-11/h1-2,5,8H,3-4,6-7,9-10H2. The third kappa shape index (κ3) is 2.84. The molecule has 2 aromatic rings. The first-order chi connectivity index (χ1) is 9.83. The van der Waals surface area contributed by atoms with E-state index in [0.29, 0.717) is 30.3 Å². The lowest BCUT2D eigenvalue weighted by atomic mass is 10.3. The first kappa shape index (κ1) is 12.8. The van der Waals surface area contributed by atoms with E-state index in [1.807, 2.05) is 23.1 Å². The quantitative estimate of drug-likeness (QED) is 0.846. The molecular weight excluding hydrogens is 256 g/mol. The highest BCUT2D eigenvalue weighted by Crippen LogP contribution is 2.14. The minimum Gasteiger partial charge on any atom is -0.343 e. The lowest BCUT2D eigenvalue weighted by Gasteiger charge is -2.13. The number of pyridine rings is 1. The second-order valence-electron chi connectivity index (χ2n) is 4.81. The Bertz CT molecular complexity index is 576. The molecule has 2 aromatic heterocycles. The van der Waals surface area contributed by atoms with Gasteiger partial charge in [0.25, 0.3) is 0 Å². The van der Waals surface area contributed by atoms with Crippen molar-refractivity contribution in [1.29, 1.82) is 0 Å². The summed E-state index contributed by atoms with van der Waals surface area (Å²) in [4.78, 5) is 22.2. The van der Waals surface area contributed by atoms with Crippen molar-refractivity contribution in [2.75, 3.05) is 13.1 Å². The lowest BCUT2D eigenvalue weighted by molar-refractivity contribution is -0.130. The fourth-order valence-electron chi connectivity index (χ4n) is 2.29. The number of hydrogen-bond donors (Lipinski definition) is 0. The zero-order valence-corrected chi connectivity index (χ0v) is 11.2. The second-order valence-corrected chi connectivity index (χ2v) is 4.81. The van der Waals surface area contributed by atoms with Gasteiger partial charge in [-0.15, -0.1) is 0 Å². The van der Waals surface area contributed by atoms with Crippen molar-refractivity contribution in [1.82, 2.24) is 20.0 Å². The van der Waals surface area contributed by atoms with E-state index in [1.165, 1.54) is 0 Å². The van der Waals surface area contributed by atoms with Gasteiger partial charge in [-0.2, -0.15) is 4.98 Å². The summed E-state index contributed by atoms with van der Waals surface area (Å²) in [6.07, 6.45) is 4.80. The maximum Gasteiger partial charge on any atom is 0.227 e. The molecule has 0 N–H and O–H groups in total. The molecule has 0 aliphatic carbocycles. The van der Waals surface area contributed by atoms with Gasteiger partial charge in [0.1, 0.15) is 5.69 Å². The Morgan fingerprint density at radius 2 is 2.15 bits per heavy atom. The molecule has 1 amide bonds. The van der Waals surface area contributed by atoms with Crippen molar-refractivity contribution in [2.45, 2.75) is 25.7 Å². The molecule has 0 aromatic carbocycles. The molecule has 1 saturated heterocycles. The molecule has 0 bridgehead atoms. The summed E-state index contributed by atoms with van der Waals surface area (Å²) < 4.78 is 5.16. The van der Waals surface area contributed by atoms with Gasteiger partial charge in [-0.1, -0.05) is 11.2 Å². The Labute approximate surface area is 116 Å². The number of nitrogens with zero attached hydrogens (tertiary/aromatic N) is 4. The fourth-order valence-corrected chi connectivity index (χ4v) is 2.29. The van der Waals surface area contributed by atoms with Crippen LogP contribution in [0, 0.1) is 0 Å². The van der Waals surface area contributed by atoms with Crippen LogP contribution in [-0.4, -0.2) is 39.0 Å². The number of amides is 1. The first-order valence-electron chi connectivity index (χ1n) is 6.85. The van der Waals surface area contributed by atoms with Crippen molar-refractivity contribution in [3.8, 4) is 11.5 Å². The summed E-state index contributed by atoms with van der Waals surface area (Å²) in [5, 5.41) is 3.89. The second kappa shape index (κ2) is 5.81. The molecule has 1 aliphatic heterocycles. The molecule has 0 unspecified atom stereocenters. The Morgan fingerprint density at radius 3 is 2.90 bits per heavy atom. The summed E-state index contributed by atoms with van der Waals surface area (Å²) >= 11 is 0. The van der Waals surface area contributed by atoms with Gasteiger partial charge in [0.2, 0.25) is 17.6 Å². The molecule has 1 fully saturated rings. The molecule has 0 radical (unpaired) electrons. The van der Waals surface area contributed by atoms with Crippen LogP contribution in [0.1, 0.15) is 25.2 Å². The van der Waals surface area contributed by atoms with E-state index in [9.17, 15) is 4.79 Å². The fraction of sp³-hybridized carbons (Fsp3) is 0.429. The summed E-state index contributed by atoms with van der Waals surface area (Å²) in [5.74, 6) is 1.12. The van der Waals surface area contributed by atoms with Gasteiger partial charge >= 0.3 is 0 Å². The molecule has 1 aliphatic rings. The molecular formula is C14H16N4O2. The monoisotopic (exact) mass is 272 g/mol. The highest BCUT2D eigenvalue weighted by Gasteiger charge is 2.18. The van der Waals surface area contributed by atoms with Gasteiger partial charge in [0, 0.05) is 32.1 Å². The molecule has 0 spiro atoms. The average molecular weight is 272 g/mol. The molecule has 20 heavy (non-hydrogen) atoms. The van der Waals surface area contributed by atoms with Crippen molar-refractivity contribution in [3.05, 3.63) is 30.3 Å². The molecule has 104 valence electrons. The predicted molar refractivity (Wildman–Crippen MR) is 71.7 cm³/mol. The van der Waals surface area contributed by atoms with E-state index in [-0.39, 0.29) is 5.91 Å². The summed E-state index contributed by atoms with van der Waals surface area (Å²) in [6.45, 7) is 1.75. The third-order valence-electron chi connectivity index (χ3n) is 3.37. The SMILES string of the molecule is O=C(CCc1nc(-c2ccccn2)no1)N1CCCC1. The van der Waals surface area contributed by atoms with Crippen LogP contribution in [0.5, 0.6) is 0 Å². The smallest absolute Gasteiger partial charge is 0.227 e. The van der Waals surface area contributed by atoms with Crippen LogP contribution in [0.4, 0.5) is 0 Å². The number of rotatable bonds is 4. The van der Waals surface area contributed by atoms with Crippen LogP contribution in [-0.2, 0) is 11.2 Å². The number of aromatic nitrogens is 3. The molecule has 0 atom stereocenters. The van der Waals surface area contributed by atoms with Gasteiger partial charge < -0.3 is 9.42 Å². The predicted octanol–water partition coefficient (Wildman–Crippen LogP) is 1.69. The van der Waals surface area contributed by atoms with Crippen molar-refractivity contribution in [3.63, 3.8) is 0 Å². The van der Waals surface area contributed by atoms with Gasteiger partial charge in [0.15, 0.2) is 0 Å². The van der Waals surface area contributed by atoms with Crippen molar-refractivity contribution >= 4 is 5.91 Å². The van der Waals surface area contributed by atoms with Crippen LogP contribution < -0.4 is 0 Å². The van der Waals surface area contributed by atoms with E-state index >= 15 is 0 Å². The molecule has 6 nitrogen and oxygen atoms in total. The van der Waals surface area contributed by atoms with E-state index in [1.54, 1.807) is 6.20 Å². The van der Waals surface area contributed by atoms with Crippen LogP contribution >= 0.6 is 0 Å². The van der Waals surface area contributed by atoms with E-state index in [2.05, 4.69) is 15.1 Å². The van der Waals surface area contributed by atoms with Crippen molar-refractivity contribution in [2.24, 2.45) is 0 Å². The largest absolute Gasteiger partial charge is 0.343 e. The summed E-state index contributed by atoms with van der Waals surface area (Å²) in [5.41, 5.74) is 0.674. The number of hydrogen-bond acceptors (Lipinski definition) is 5. The molecule has 3 rings (SSSR count). The third-order valence-corrected chi connectivity index (χ3v) is 3.37. The molecule has 0 saturated carbocycles. The Hall–Kier alpha value is -2.24. The van der Waals surface area contributed by atoms with Gasteiger partial charge in [-0.25, -0.2) is 0 Å². The average Bonchev–Trinajstić information content (AvgIpc) is 3.17. The number of aryl methyl sites for hydroxylation is 1. The Morgan fingerprint density at radius 1 is 1.30 bits per heavy atom. The minimum absolute atomic E-state index is 0.167. The van der Waals surface area contributed by atoms with E-state index < -0.39 is 0 Å². The van der Waals surface area contributed by atoms with Crippen molar-refractivity contribution < 1.29 is 9.32 Å². The van der Waals surface area contributed by atoms with Crippen LogP contribution in [0.15, 0.2) is 28.9 Å². The van der Waals surface area contributed by atoms with Crippen LogP contribution in [0.25, 0.3) is 11.5 Å².